The van der Waals surface area contributed by atoms with Crippen LogP contribution in [-0.4, -0.2) is 88.3 Å². The summed E-state index contributed by atoms with van der Waals surface area (Å²) in [6.07, 6.45) is 2.66. The predicted octanol–water partition coefficient (Wildman–Crippen LogP) is 0.529. The van der Waals surface area contributed by atoms with E-state index in [4.69, 9.17) is 9.47 Å². The maximum absolute atomic E-state index is 12.6. The van der Waals surface area contributed by atoms with Gasteiger partial charge in [0.2, 0.25) is 0 Å². The molecule has 0 bridgehead atoms. The largest absolute Gasteiger partial charge is 0.447 e. The third-order valence-corrected chi connectivity index (χ3v) is 6.48. The highest BCUT2D eigenvalue weighted by molar-refractivity contribution is 7.87. The number of amides is 1. The van der Waals surface area contributed by atoms with Crippen LogP contribution in [0.25, 0.3) is 0 Å². The van der Waals surface area contributed by atoms with E-state index in [1.165, 1.54) is 14.1 Å². The van der Waals surface area contributed by atoms with Crippen molar-refractivity contribution >= 4 is 16.3 Å². The predicted molar refractivity (Wildman–Crippen MR) is 103 cm³/mol. The Morgan fingerprint density at radius 2 is 1.93 bits per heavy atom. The first-order valence-electron chi connectivity index (χ1n) is 9.70. The number of nitrogens with zero attached hydrogens (tertiary/aromatic N) is 2. The van der Waals surface area contributed by atoms with E-state index in [1.807, 2.05) is 0 Å². The molecule has 2 saturated heterocycles. The normalized spacial score (nSPS) is 25.2. The van der Waals surface area contributed by atoms with Crippen LogP contribution in [0.4, 0.5) is 4.79 Å². The molecule has 0 aromatic carbocycles. The molecular formula is C17H34N4O5S. The minimum absolute atomic E-state index is 0.127. The van der Waals surface area contributed by atoms with Crippen molar-refractivity contribution in [2.75, 3.05) is 40.3 Å². The molecule has 0 aliphatic carbocycles. The first-order valence-corrected chi connectivity index (χ1v) is 11.1. The Morgan fingerprint density at radius 3 is 2.52 bits per heavy atom. The Hall–Kier alpha value is -0.940. The molecular weight excluding hydrogens is 372 g/mol. The molecule has 2 unspecified atom stereocenters. The smallest absolute Gasteiger partial charge is 0.410 e. The maximum atomic E-state index is 12.6. The molecule has 2 fully saturated rings. The van der Waals surface area contributed by atoms with Crippen LogP contribution in [0, 0.1) is 0 Å². The van der Waals surface area contributed by atoms with Gasteiger partial charge in [0, 0.05) is 26.7 Å². The second-order valence-electron chi connectivity index (χ2n) is 7.63. The lowest BCUT2D eigenvalue weighted by atomic mass is 9.98. The Morgan fingerprint density at radius 1 is 1.26 bits per heavy atom. The first-order chi connectivity index (χ1) is 12.7. The van der Waals surface area contributed by atoms with Crippen LogP contribution in [0.15, 0.2) is 0 Å². The summed E-state index contributed by atoms with van der Waals surface area (Å²) in [6.45, 7) is 6.24. The summed E-state index contributed by atoms with van der Waals surface area (Å²) in [5.74, 6) is 0. The number of rotatable bonds is 7. The van der Waals surface area contributed by atoms with Gasteiger partial charge in [-0.05, 0) is 52.6 Å². The minimum atomic E-state index is -3.61. The van der Waals surface area contributed by atoms with Crippen molar-refractivity contribution in [2.24, 2.45) is 0 Å². The van der Waals surface area contributed by atoms with Gasteiger partial charge in [-0.25, -0.2) is 4.79 Å². The molecule has 2 atom stereocenters. The number of carbonyl (C=O) groups excluding carboxylic acids is 1. The Balaban J connectivity index is 2.12. The molecule has 2 aliphatic heterocycles. The number of carbonyl (C=O) groups is 1. The number of hydrogen-bond acceptors (Lipinski definition) is 6. The van der Waals surface area contributed by atoms with Gasteiger partial charge in [0.1, 0.15) is 0 Å². The molecule has 27 heavy (non-hydrogen) atoms. The summed E-state index contributed by atoms with van der Waals surface area (Å²) < 4.78 is 40.0. The summed E-state index contributed by atoms with van der Waals surface area (Å²) in [5, 5.41) is 3.29. The summed E-state index contributed by atoms with van der Waals surface area (Å²) in [6, 6.07) is -0.804. The molecule has 0 aromatic rings. The highest BCUT2D eigenvalue weighted by Crippen LogP contribution is 2.22. The lowest BCUT2D eigenvalue weighted by molar-refractivity contribution is -0.0259. The van der Waals surface area contributed by atoms with Crippen molar-refractivity contribution in [3.63, 3.8) is 0 Å². The quantitative estimate of drug-likeness (QED) is 0.640. The van der Waals surface area contributed by atoms with Crippen LogP contribution in [0.5, 0.6) is 0 Å². The van der Waals surface area contributed by atoms with E-state index in [2.05, 4.69) is 10.0 Å². The van der Waals surface area contributed by atoms with Crippen molar-refractivity contribution in [3.8, 4) is 0 Å². The number of ether oxygens (including phenoxy) is 2. The van der Waals surface area contributed by atoms with E-state index >= 15 is 0 Å². The van der Waals surface area contributed by atoms with Gasteiger partial charge in [0.15, 0.2) is 0 Å². The summed E-state index contributed by atoms with van der Waals surface area (Å²) in [4.78, 5) is 14.2. The molecule has 2 N–H and O–H groups in total. The molecule has 10 heteroatoms. The van der Waals surface area contributed by atoms with Gasteiger partial charge in [0.05, 0.1) is 24.9 Å². The number of likely N-dealkylation sites (tertiary alicyclic amines) is 1. The monoisotopic (exact) mass is 406 g/mol. The lowest BCUT2D eigenvalue weighted by Gasteiger charge is -2.41. The van der Waals surface area contributed by atoms with Gasteiger partial charge in [0.25, 0.3) is 10.2 Å². The zero-order valence-electron chi connectivity index (χ0n) is 16.8. The van der Waals surface area contributed by atoms with E-state index < -0.39 is 28.4 Å². The molecule has 2 rings (SSSR count). The van der Waals surface area contributed by atoms with Gasteiger partial charge in [-0.3, -0.25) is 0 Å². The fourth-order valence-electron chi connectivity index (χ4n) is 3.39. The Labute approximate surface area is 162 Å². The standard InChI is InChI=1S/C17H34N4O5S/c1-13(2)26-17(22)21-11-5-6-15(19-27(23,24)20(3)4)16(21)12-25-14-7-9-18-10-8-14/h13-16,18-19H,5-12H2,1-4H3. The van der Waals surface area contributed by atoms with Crippen LogP contribution in [0.3, 0.4) is 0 Å². The maximum Gasteiger partial charge on any atom is 0.410 e. The van der Waals surface area contributed by atoms with Gasteiger partial charge in [-0.2, -0.15) is 17.4 Å². The van der Waals surface area contributed by atoms with Crippen molar-refractivity contribution < 1.29 is 22.7 Å². The van der Waals surface area contributed by atoms with Gasteiger partial charge in [-0.1, -0.05) is 0 Å². The molecule has 0 spiro atoms. The van der Waals surface area contributed by atoms with E-state index in [0.29, 0.717) is 26.0 Å². The van der Waals surface area contributed by atoms with Crippen molar-refractivity contribution in [1.29, 1.82) is 0 Å². The van der Waals surface area contributed by atoms with Crippen molar-refractivity contribution in [3.05, 3.63) is 0 Å². The van der Waals surface area contributed by atoms with Crippen LogP contribution in [0.1, 0.15) is 39.5 Å². The summed E-state index contributed by atoms with van der Waals surface area (Å²) >= 11 is 0. The number of nitrogens with one attached hydrogen (secondary N) is 2. The third-order valence-electron chi connectivity index (χ3n) is 4.92. The van der Waals surface area contributed by atoms with Crippen LogP contribution < -0.4 is 10.0 Å². The van der Waals surface area contributed by atoms with Gasteiger partial charge >= 0.3 is 6.09 Å². The van der Waals surface area contributed by atoms with Crippen LogP contribution in [-0.2, 0) is 19.7 Å². The van der Waals surface area contributed by atoms with Crippen LogP contribution >= 0.6 is 0 Å². The molecule has 1 amide bonds. The van der Waals surface area contributed by atoms with E-state index in [0.717, 1.165) is 30.2 Å². The van der Waals surface area contributed by atoms with Gasteiger partial charge in [-0.15, -0.1) is 0 Å². The minimum Gasteiger partial charge on any atom is -0.447 e. The van der Waals surface area contributed by atoms with E-state index in [9.17, 15) is 13.2 Å². The fraction of sp³-hybridized carbons (Fsp3) is 0.941. The Bertz CT molecular complexity index is 578. The fourth-order valence-corrected chi connectivity index (χ4v) is 4.26. The highest BCUT2D eigenvalue weighted by Gasteiger charge is 2.38. The van der Waals surface area contributed by atoms with Crippen LogP contribution in [0.2, 0.25) is 0 Å². The number of hydrogen-bond donors (Lipinski definition) is 2. The molecule has 2 aliphatic rings. The number of piperidine rings is 2. The molecule has 9 nitrogen and oxygen atoms in total. The molecule has 0 aromatic heterocycles. The lowest BCUT2D eigenvalue weighted by Crippen LogP contribution is -2.60. The topological polar surface area (TPSA) is 100 Å². The zero-order chi connectivity index (χ0) is 20.0. The zero-order valence-corrected chi connectivity index (χ0v) is 17.6. The first kappa shape index (κ1) is 22.4. The molecule has 2 heterocycles. The second kappa shape index (κ2) is 10.0. The van der Waals surface area contributed by atoms with Crippen molar-refractivity contribution in [2.45, 2.75) is 63.8 Å². The Kier molecular flexibility index (Phi) is 8.29. The summed E-state index contributed by atoms with van der Waals surface area (Å²) in [7, 11) is -0.642. The van der Waals surface area contributed by atoms with Gasteiger partial charge < -0.3 is 19.7 Å². The third kappa shape index (κ3) is 6.56. The summed E-state index contributed by atoms with van der Waals surface area (Å²) in [5.41, 5.74) is 0. The van der Waals surface area contributed by atoms with E-state index in [-0.39, 0.29) is 12.2 Å². The van der Waals surface area contributed by atoms with E-state index in [1.54, 1.807) is 18.7 Å². The molecule has 0 radical (unpaired) electrons. The average molecular weight is 407 g/mol. The molecule has 0 saturated carbocycles. The van der Waals surface area contributed by atoms with Crippen molar-refractivity contribution in [1.82, 2.24) is 19.2 Å². The highest BCUT2D eigenvalue weighted by atomic mass is 32.2. The average Bonchev–Trinajstić information content (AvgIpc) is 2.60. The second-order valence-corrected chi connectivity index (χ2v) is 9.55. The molecule has 158 valence electrons. The SMILES string of the molecule is CC(C)OC(=O)N1CCCC(NS(=O)(=O)N(C)C)C1COC1CCNCC1.